The molecule has 102 valence electrons. The van der Waals surface area contributed by atoms with Gasteiger partial charge < -0.3 is 20.5 Å². The normalized spacial score (nSPS) is 13.8. The lowest BCUT2D eigenvalue weighted by atomic mass is 10.1. The quantitative estimate of drug-likeness (QED) is 0.684. The minimum absolute atomic E-state index is 0.100. The van der Waals surface area contributed by atoms with Crippen molar-refractivity contribution >= 4 is 11.6 Å². The summed E-state index contributed by atoms with van der Waals surface area (Å²) in [5.41, 5.74) is 0. The van der Waals surface area contributed by atoms with Crippen LogP contribution >= 0.6 is 0 Å². The molecule has 0 fully saturated rings. The molecule has 0 bridgehead atoms. The molecule has 18 heavy (non-hydrogen) atoms. The van der Waals surface area contributed by atoms with E-state index in [1.54, 1.807) is 14.0 Å². The van der Waals surface area contributed by atoms with Gasteiger partial charge in [0.2, 0.25) is 5.75 Å². The smallest absolute Gasteiger partial charge is 0.204 e. The fourth-order valence-electron chi connectivity index (χ4n) is 1.77. The first kappa shape index (κ1) is 14.5. The Morgan fingerprint density at radius 1 is 1.33 bits per heavy atom. The van der Waals surface area contributed by atoms with E-state index < -0.39 is 0 Å². The maximum absolute atomic E-state index is 9.35. The van der Waals surface area contributed by atoms with Crippen LogP contribution in [0.3, 0.4) is 0 Å². The number of methoxy groups -OCH3 is 1. The third-order valence-corrected chi connectivity index (χ3v) is 2.43. The van der Waals surface area contributed by atoms with E-state index in [4.69, 9.17) is 4.74 Å². The molecule has 6 nitrogen and oxygen atoms in total. The number of ether oxygens (including phenoxy) is 1. The second kappa shape index (κ2) is 7.00. The van der Waals surface area contributed by atoms with Crippen molar-refractivity contribution in [1.82, 2.24) is 9.97 Å². The standard InChI is InChI=1S/C12H22N4O2/c1-5-13-11-10(18-4)12(15-7-14-11)16-8(2)6-9(3)17/h7-9,17H,5-6H2,1-4H3,(H2,13,14,15,16). The molecule has 0 aliphatic carbocycles. The molecular weight excluding hydrogens is 232 g/mol. The van der Waals surface area contributed by atoms with Crippen LogP contribution in [0.5, 0.6) is 5.75 Å². The van der Waals surface area contributed by atoms with Crippen LogP contribution in [0.1, 0.15) is 27.2 Å². The lowest BCUT2D eigenvalue weighted by molar-refractivity contribution is 0.179. The maximum atomic E-state index is 9.35. The van der Waals surface area contributed by atoms with Crippen molar-refractivity contribution in [1.29, 1.82) is 0 Å². The van der Waals surface area contributed by atoms with E-state index in [-0.39, 0.29) is 12.1 Å². The first-order valence-corrected chi connectivity index (χ1v) is 6.15. The minimum atomic E-state index is -0.353. The zero-order valence-corrected chi connectivity index (χ0v) is 11.4. The van der Waals surface area contributed by atoms with E-state index in [0.29, 0.717) is 23.8 Å². The van der Waals surface area contributed by atoms with E-state index in [1.807, 2.05) is 13.8 Å². The zero-order valence-electron chi connectivity index (χ0n) is 11.4. The first-order chi connectivity index (χ1) is 8.58. The van der Waals surface area contributed by atoms with Gasteiger partial charge in [-0.05, 0) is 27.2 Å². The number of hydrogen-bond donors (Lipinski definition) is 3. The van der Waals surface area contributed by atoms with Crippen LogP contribution < -0.4 is 15.4 Å². The van der Waals surface area contributed by atoms with Gasteiger partial charge in [0.05, 0.1) is 13.2 Å². The van der Waals surface area contributed by atoms with E-state index in [0.717, 1.165) is 6.54 Å². The van der Waals surface area contributed by atoms with Crippen LogP contribution in [0.25, 0.3) is 0 Å². The predicted molar refractivity (Wildman–Crippen MR) is 72.1 cm³/mol. The van der Waals surface area contributed by atoms with Gasteiger partial charge in [-0.25, -0.2) is 9.97 Å². The molecule has 0 aliphatic heterocycles. The van der Waals surface area contributed by atoms with E-state index in [2.05, 4.69) is 20.6 Å². The van der Waals surface area contributed by atoms with Crippen LogP contribution in [0, 0.1) is 0 Å². The zero-order chi connectivity index (χ0) is 13.5. The summed E-state index contributed by atoms with van der Waals surface area (Å²) in [6, 6.07) is 0.100. The monoisotopic (exact) mass is 254 g/mol. The average molecular weight is 254 g/mol. The molecule has 0 aromatic carbocycles. The van der Waals surface area contributed by atoms with E-state index >= 15 is 0 Å². The first-order valence-electron chi connectivity index (χ1n) is 6.15. The van der Waals surface area contributed by atoms with Crippen LogP contribution in [-0.2, 0) is 0 Å². The summed E-state index contributed by atoms with van der Waals surface area (Å²) in [6.45, 7) is 6.50. The molecule has 0 spiro atoms. The molecule has 1 aromatic heterocycles. The van der Waals surface area contributed by atoms with E-state index in [9.17, 15) is 5.11 Å². The van der Waals surface area contributed by atoms with Crippen molar-refractivity contribution in [3.8, 4) is 5.75 Å². The Labute approximate surface area is 108 Å². The van der Waals surface area contributed by atoms with Gasteiger partial charge in [-0.15, -0.1) is 0 Å². The van der Waals surface area contributed by atoms with Crippen LogP contribution in [0.15, 0.2) is 6.33 Å². The Bertz CT molecular complexity index is 371. The van der Waals surface area contributed by atoms with E-state index in [1.165, 1.54) is 6.33 Å². The molecule has 0 saturated carbocycles. The molecule has 3 N–H and O–H groups in total. The number of nitrogens with zero attached hydrogens (tertiary/aromatic N) is 2. The molecule has 0 aliphatic rings. The summed E-state index contributed by atoms with van der Waals surface area (Å²) in [5, 5.41) is 15.7. The molecular formula is C12H22N4O2. The highest BCUT2D eigenvalue weighted by molar-refractivity contribution is 5.63. The lowest BCUT2D eigenvalue weighted by Crippen LogP contribution is -2.22. The molecule has 0 amide bonds. The lowest BCUT2D eigenvalue weighted by Gasteiger charge is -2.18. The fourth-order valence-corrected chi connectivity index (χ4v) is 1.77. The van der Waals surface area contributed by atoms with Crippen molar-refractivity contribution < 1.29 is 9.84 Å². The third kappa shape index (κ3) is 4.03. The average Bonchev–Trinajstić information content (AvgIpc) is 2.28. The van der Waals surface area contributed by atoms with Crippen molar-refractivity contribution in [2.24, 2.45) is 0 Å². The summed E-state index contributed by atoms with van der Waals surface area (Å²) in [6.07, 6.45) is 1.77. The highest BCUT2D eigenvalue weighted by Gasteiger charge is 2.14. The summed E-state index contributed by atoms with van der Waals surface area (Å²) in [4.78, 5) is 8.30. The number of aromatic nitrogens is 2. The second-order valence-corrected chi connectivity index (χ2v) is 4.26. The van der Waals surface area contributed by atoms with Gasteiger partial charge in [0, 0.05) is 12.6 Å². The summed E-state index contributed by atoms with van der Waals surface area (Å²) in [7, 11) is 1.59. The number of rotatable bonds is 7. The largest absolute Gasteiger partial charge is 0.490 e. The Morgan fingerprint density at radius 2 is 2.00 bits per heavy atom. The van der Waals surface area contributed by atoms with Crippen LogP contribution in [0.2, 0.25) is 0 Å². The van der Waals surface area contributed by atoms with Gasteiger partial charge in [0.15, 0.2) is 11.6 Å². The summed E-state index contributed by atoms with van der Waals surface area (Å²) in [5.74, 6) is 1.90. The summed E-state index contributed by atoms with van der Waals surface area (Å²) >= 11 is 0. The number of aliphatic hydroxyl groups excluding tert-OH is 1. The molecule has 2 atom stereocenters. The highest BCUT2D eigenvalue weighted by atomic mass is 16.5. The van der Waals surface area contributed by atoms with Crippen molar-refractivity contribution in [3.63, 3.8) is 0 Å². The molecule has 1 rings (SSSR count). The predicted octanol–water partition coefficient (Wildman–Crippen LogP) is 1.49. The van der Waals surface area contributed by atoms with Crippen LogP contribution in [0.4, 0.5) is 11.6 Å². The van der Waals surface area contributed by atoms with Crippen LogP contribution in [-0.4, -0.2) is 40.9 Å². The third-order valence-electron chi connectivity index (χ3n) is 2.43. The van der Waals surface area contributed by atoms with Crippen molar-refractivity contribution in [2.45, 2.75) is 39.3 Å². The Morgan fingerprint density at radius 3 is 2.56 bits per heavy atom. The molecule has 6 heteroatoms. The van der Waals surface area contributed by atoms with Crippen molar-refractivity contribution in [2.75, 3.05) is 24.3 Å². The Hall–Kier alpha value is -1.56. The summed E-state index contributed by atoms with van der Waals surface area (Å²) < 4.78 is 5.32. The molecule has 0 saturated heterocycles. The maximum Gasteiger partial charge on any atom is 0.204 e. The fraction of sp³-hybridized carbons (Fsp3) is 0.667. The van der Waals surface area contributed by atoms with Gasteiger partial charge in [0.1, 0.15) is 6.33 Å². The van der Waals surface area contributed by atoms with Gasteiger partial charge in [-0.1, -0.05) is 0 Å². The Balaban J connectivity index is 2.84. The molecule has 0 radical (unpaired) electrons. The highest BCUT2D eigenvalue weighted by Crippen LogP contribution is 2.29. The van der Waals surface area contributed by atoms with Gasteiger partial charge in [-0.2, -0.15) is 0 Å². The minimum Gasteiger partial charge on any atom is -0.490 e. The molecule has 1 aromatic rings. The Kier molecular flexibility index (Phi) is 5.64. The van der Waals surface area contributed by atoms with Gasteiger partial charge in [-0.3, -0.25) is 0 Å². The topological polar surface area (TPSA) is 79.3 Å². The second-order valence-electron chi connectivity index (χ2n) is 4.26. The molecule has 1 heterocycles. The number of aliphatic hydroxyl groups is 1. The number of anilines is 2. The van der Waals surface area contributed by atoms with Gasteiger partial charge in [0.25, 0.3) is 0 Å². The number of hydrogen-bond acceptors (Lipinski definition) is 6. The SMILES string of the molecule is CCNc1ncnc(NC(C)CC(C)O)c1OC. The van der Waals surface area contributed by atoms with Gasteiger partial charge >= 0.3 is 0 Å². The van der Waals surface area contributed by atoms with Crippen molar-refractivity contribution in [3.05, 3.63) is 6.33 Å². The molecule has 2 unspecified atom stereocenters. The number of nitrogens with one attached hydrogen (secondary N) is 2.